The highest BCUT2D eigenvalue weighted by Gasteiger charge is 1.68. The maximum atomic E-state index is 9.80. The number of aldehydes is 1. The maximum Gasteiger partial charge on any atom is 0.142 e. The summed E-state index contributed by atoms with van der Waals surface area (Å²) in [5.74, 6) is 0. The highest BCUT2D eigenvalue weighted by molar-refractivity contribution is 5.65. The fraction of sp³-hybridized carbons (Fsp3) is 0.300. The molecule has 0 heterocycles. The Balaban J connectivity index is 3.42. The van der Waals surface area contributed by atoms with Gasteiger partial charge in [-0.2, -0.15) is 0 Å². The highest BCUT2D eigenvalue weighted by atomic mass is 16.1. The Kier molecular flexibility index (Phi) is 7.99. The summed E-state index contributed by atoms with van der Waals surface area (Å²) in [7, 11) is 0. The van der Waals surface area contributed by atoms with E-state index in [4.69, 9.17) is 0 Å². The Hall–Kier alpha value is -1.11. The van der Waals surface area contributed by atoms with Crippen molar-refractivity contribution in [1.29, 1.82) is 0 Å². The largest absolute Gasteiger partial charge is 0.299 e. The Bertz CT molecular complexity index is 164. The predicted octanol–water partition coefficient (Wildman–Crippen LogP) is 2.65. The Morgan fingerprint density at radius 3 is 2.27 bits per heavy atom. The van der Waals surface area contributed by atoms with Crippen molar-refractivity contribution in [1.82, 2.24) is 0 Å². The molecular weight excluding hydrogens is 136 g/mol. The van der Waals surface area contributed by atoms with Crippen molar-refractivity contribution in [3.8, 4) is 0 Å². The van der Waals surface area contributed by atoms with Gasteiger partial charge in [-0.1, -0.05) is 43.7 Å². The Morgan fingerprint density at radius 2 is 1.64 bits per heavy atom. The summed E-state index contributed by atoms with van der Waals surface area (Å²) in [5, 5.41) is 0. The summed E-state index contributed by atoms with van der Waals surface area (Å²) >= 11 is 0. The van der Waals surface area contributed by atoms with E-state index in [2.05, 4.69) is 13.0 Å². The molecule has 1 nitrogen and oxygen atoms in total. The molecule has 60 valence electrons. The zero-order chi connectivity index (χ0) is 8.36. The minimum atomic E-state index is 0.764. The average molecular weight is 150 g/mol. The number of hydrogen-bond acceptors (Lipinski definition) is 1. The third-order valence-electron chi connectivity index (χ3n) is 1.11. The van der Waals surface area contributed by atoms with Crippen LogP contribution in [0.1, 0.15) is 19.8 Å². The molecule has 0 rings (SSSR count). The van der Waals surface area contributed by atoms with Crippen LogP contribution in [0.25, 0.3) is 0 Å². The lowest BCUT2D eigenvalue weighted by molar-refractivity contribution is -0.104. The summed E-state index contributed by atoms with van der Waals surface area (Å²) in [6.45, 7) is 2.14. The molecule has 0 N–H and O–H groups in total. The van der Waals surface area contributed by atoms with E-state index < -0.39 is 0 Å². The first kappa shape index (κ1) is 9.89. The molecule has 0 aromatic rings. The van der Waals surface area contributed by atoms with Gasteiger partial charge in [-0.3, -0.25) is 4.79 Å². The molecule has 0 saturated carbocycles. The van der Waals surface area contributed by atoms with Crippen LogP contribution in [0.3, 0.4) is 0 Å². The number of rotatable bonds is 5. The molecule has 0 saturated heterocycles. The molecule has 0 aliphatic carbocycles. The van der Waals surface area contributed by atoms with E-state index in [1.807, 2.05) is 18.2 Å². The summed E-state index contributed by atoms with van der Waals surface area (Å²) in [5.41, 5.74) is 0. The Morgan fingerprint density at radius 1 is 1.00 bits per heavy atom. The van der Waals surface area contributed by atoms with Crippen molar-refractivity contribution < 1.29 is 4.79 Å². The van der Waals surface area contributed by atoms with E-state index in [0.29, 0.717) is 0 Å². The van der Waals surface area contributed by atoms with Crippen LogP contribution < -0.4 is 0 Å². The molecule has 0 radical (unpaired) electrons. The molecule has 0 fully saturated rings. The molecule has 11 heavy (non-hydrogen) atoms. The second-order valence-corrected chi connectivity index (χ2v) is 2.12. The number of unbranched alkanes of at least 4 members (excludes halogenated alkanes) is 1. The van der Waals surface area contributed by atoms with Crippen LogP contribution in [0.5, 0.6) is 0 Å². The van der Waals surface area contributed by atoms with Gasteiger partial charge in [0.2, 0.25) is 0 Å². The smallest absolute Gasteiger partial charge is 0.142 e. The monoisotopic (exact) mass is 150 g/mol. The van der Waals surface area contributed by atoms with Gasteiger partial charge in [0.25, 0.3) is 0 Å². The molecule has 0 spiro atoms. The lowest BCUT2D eigenvalue weighted by Gasteiger charge is -1.78. The second-order valence-electron chi connectivity index (χ2n) is 2.12. The second kappa shape index (κ2) is 8.89. The molecule has 0 unspecified atom stereocenters. The van der Waals surface area contributed by atoms with Crippen molar-refractivity contribution in [2.75, 3.05) is 0 Å². The third kappa shape index (κ3) is 8.89. The van der Waals surface area contributed by atoms with Gasteiger partial charge in [-0.05, 0) is 12.5 Å². The van der Waals surface area contributed by atoms with Gasteiger partial charge in [0.05, 0.1) is 0 Å². The molecule has 0 aliphatic heterocycles. The van der Waals surface area contributed by atoms with Gasteiger partial charge in [0.1, 0.15) is 6.29 Å². The fourth-order valence-electron chi connectivity index (χ4n) is 0.579. The van der Waals surface area contributed by atoms with Crippen molar-refractivity contribution >= 4 is 6.29 Å². The predicted molar refractivity (Wildman–Crippen MR) is 48.4 cm³/mol. The van der Waals surface area contributed by atoms with E-state index in [1.54, 1.807) is 6.08 Å². The van der Waals surface area contributed by atoms with Crippen LogP contribution in [-0.4, -0.2) is 6.29 Å². The van der Waals surface area contributed by atoms with Crippen molar-refractivity contribution in [2.45, 2.75) is 19.8 Å². The molecule has 0 aliphatic rings. The number of allylic oxidation sites excluding steroid dienone is 6. The van der Waals surface area contributed by atoms with E-state index >= 15 is 0 Å². The number of hydrogen-bond donors (Lipinski definition) is 0. The van der Waals surface area contributed by atoms with Crippen LogP contribution in [-0.2, 0) is 4.79 Å². The first-order chi connectivity index (χ1) is 5.41. The van der Waals surface area contributed by atoms with Crippen molar-refractivity contribution in [3.63, 3.8) is 0 Å². The molecule has 0 bridgehead atoms. The lowest BCUT2D eigenvalue weighted by Crippen LogP contribution is -1.59. The standard InChI is InChI=1S/C10H14O/c1-2-3-4-5-6-7-8-9-10-11/h4-10H,2-3H2,1H3/b5-4-,7-6+,9-8?. The zero-order valence-electron chi connectivity index (χ0n) is 6.86. The fourth-order valence-corrected chi connectivity index (χ4v) is 0.579. The topological polar surface area (TPSA) is 17.1 Å². The SMILES string of the molecule is CCC/C=C\C=C\C=CC=O. The van der Waals surface area contributed by atoms with Crippen LogP contribution in [0.2, 0.25) is 0 Å². The van der Waals surface area contributed by atoms with E-state index in [-0.39, 0.29) is 0 Å². The molecule has 0 atom stereocenters. The summed E-state index contributed by atoms with van der Waals surface area (Å²) in [4.78, 5) is 9.80. The lowest BCUT2D eigenvalue weighted by atomic mass is 10.3. The van der Waals surface area contributed by atoms with Gasteiger partial charge < -0.3 is 0 Å². The van der Waals surface area contributed by atoms with E-state index in [9.17, 15) is 4.79 Å². The molecular formula is C10H14O. The Labute approximate surface area is 68.1 Å². The average Bonchev–Trinajstić information content (AvgIpc) is 2.03. The van der Waals surface area contributed by atoms with Crippen LogP contribution >= 0.6 is 0 Å². The van der Waals surface area contributed by atoms with Gasteiger partial charge in [-0.15, -0.1) is 0 Å². The minimum absolute atomic E-state index is 0.764. The summed E-state index contributed by atoms with van der Waals surface area (Å²) in [6, 6.07) is 0. The van der Waals surface area contributed by atoms with Crippen LogP contribution in [0, 0.1) is 0 Å². The van der Waals surface area contributed by atoms with Gasteiger partial charge in [0, 0.05) is 0 Å². The van der Waals surface area contributed by atoms with Gasteiger partial charge in [-0.25, -0.2) is 0 Å². The normalized spacial score (nSPS) is 12.1. The third-order valence-corrected chi connectivity index (χ3v) is 1.11. The van der Waals surface area contributed by atoms with E-state index in [0.717, 1.165) is 12.7 Å². The van der Waals surface area contributed by atoms with Gasteiger partial charge >= 0.3 is 0 Å². The summed E-state index contributed by atoms with van der Waals surface area (Å²) < 4.78 is 0. The van der Waals surface area contributed by atoms with Gasteiger partial charge in [0.15, 0.2) is 0 Å². The van der Waals surface area contributed by atoms with E-state index in [1.165, 1.54) is 12.5 Å². The molecule has 0 aromatic heterocycles. The molecule has 1 heteroatoms. The summed E-state index contributed by atoms with van der Waals surface area (Å²) in [6.07, 6.45) is 14.1. The number of carbonyl (C=O) groups excluding carboxylic acids is 1. The molecule has 0 aromatic carbocycles. The zero-order valence-corrected chi connectivity index (χ0v) is 6.86. The van der Waals surface area contributed by atoms with Crippen molar-refractivity contribution in [3.05, 3.63) is 36.5 Å². The first-order valence-electron chi connectivity index (χ1n) is 3.85. The minimum Gasteiger partial charge on any atom is -0.299 e. The maximum absolute atomic E-state index is 9.80. The van der Waals surface area contributed by atoms with Crippen LogP contribution in [0.4, 0.5) is 0 Å². The number of carbonyl (C=O) groups is 1. The highest BCUT2D eigenvalue weighted by Crippen LogP contribution is 1.88. The van der Waals surface area contributed by atoms with Crippen molar-refractivity contribution in [2.24, 2.45) is 0 Å². The quantitative estimate of drug-likeness (QED) is 0.334. The molecule has 0 amide bonds. The first-order valence-corrected chi connectivity index (χ1v) is 3.85. The van der Waals surface area contributed by atoms with Crippen LogP contribution in [0.15, 0.2) is 36.5 Å².